The molecule has 0 atom stereocenters. The molecule has 4 nitrogen and oxygen atoms in total. The fourth-order valence-corrected chi connectivity index (χ4v) is 2.73. The van der Waals surface area contributed by atoms with Gasteiger partial charge in [-0.3, -0.25) is 0 Å². The number of aliphatic hydroxyl groups is 1. The van der Waals surface area contributed by atoms with Crippen molar-refractivity contribution in [2.45, 2.75) is 6.61 Å². The molecule has 0 aromatic heterocycles. The Kier molecular flexibility index (Phi) is 3.53. The molecule has 3 aromatic carbocycles. The molecule has 0 amide bonds. The van der Waals surface area contributed by atoms with Gasteiger partial charge in [0.1, 0.15) is 5.75 Å². The Labute approximate surface area is 126 Å². The maximum Gasteiger partial charge on any atom is 0.336 e. The second-order valence-corrected chi connectivity index (χ2v) is 5.01. The summed E-state index contributed by atoms with van der Waals surface area (Å²) in [5.74, 6) is -1.04. The number of carbonyl (C=O) groups is 1. The first-order valence-corrected chi connectivity index (χ1v) is 6.80. The first-order valence-electron chi connectivity index (χ1n) is 6.80. The summed E-state index contributed by atoms with van der Waals surface area (Å²) >= 11 is 0. The molecule has 22 heavy (non-hydrogen) atoms. The summed E-state index contributed by atoms with van der Waals surface area (Å²) < 4.78 is 0. The molecule has 0 fully saturated rings. The van der Waals surface area contributed by atoms with Crippen LogP contribution in [0.3, 0.4) is 0 Å². The lowest BCUT2D eigenvalue weighted by Crippen LogP contribution is -2.05. The number of fused-ring (bicyclic) bond motifs is 1. The van der Waals surface area contributed by atoms with Gasteiger partial charge in [0.05, 0.1) is 12.2 Å². The molecule has 0 saturated carbocycles. The molecule has 3 aromatic rings. The van der Waals surface area contributed by atoms with E-state index in [0.29, 0.717) is 16.5 Å². The summed E-state index contributed by atoms with van der Waals surface area (Å²) in [5.41, 5.74) is 1.92. The molecule has 0 bridgehead atoms. The topological polar surface area (TPSA) is 77.8 Å². The van der Waals surface area contributed by atoms with E-state index in [1.54, 1.807) is 12.1 Å². The van der Waals surface area contributed by atoms with Crippen LogP contribution in [0.5, 0.6) is 5.75 Å². The van der Waals surface area contributed by atoms with E-state index in [9.17, 15) is 20.1 Å². The second-order valence-electron chi connectivity index (χ2n) is 5.01. The Hall–Kier alpha value is -2.85. The molecule has 0 aliphatic carbocycles. The number of carboxylic acids is 1. The van der Waals surface area contributed by atoms with Gasteiger partial charge in [0.15, 0.2) is 0 Å². The highest BCUT2D eigenvalue weighted by molar-refractivity contribution is 6.05. The summed E-state index contributed by atoms with van der Waals surface area (Å²) in [4.78, 5) is 11.5. The van der Waals surface area contributed by atoms with E-state index in [-0.39, 0.29) is 17.9 Å². The van der Waals surface area contributed by atoms with Crippen LogP contribution in [-0.4, -0.2) is 21.3 Å². The predicted molar refractivity (Wildman–Crippen MR) is 83.9 cm³/mol. The van der Waals surface area contributed by atoms with Crippen molar-refractivity contribution in [1.82, 2.24) is 0 Å². The minimum absolute atomic E-state index is 0.0412. The summed E-state index contributed by atoms with van der Waals surface area (Å²) in [5, 5.41) is 30.2. The van der Waals surface area contributed by atoms with Crippen LogP contribution < -0.4 is 0 Å². The molecule has 3 rings (SSSR count). The van der Waals surface area contributed by atoms with E-state index in [2.05, 4.69) is 0 Å². The van der Waals surface area contributed by atoms with Gasteiger partial charge in [-0.1, -0.05) is 36.4 Å². The number of phenolic OH excluding ortho intramolecular Hbond substituents is 1. The first-order chi connectivity index (χ1) is 10.6. The van der Waals surface area contributed by atoms with E-state index in [4.69, 9.17) is 0 Å². The van der Waals surface area contributed by atoms with Crippen LogP contribution in [0.25, 0.3) is 21.9 Å². The monoisotopic (exact) mass is 294 g/mol. The van der Waals surface area contributed by atoms with Crippen LogP contribution in [0, 0.1) is 0 Å². The summed E-state index contributed by atoms with van der Waals surface area (Å²) in [6.45, 7) is -0.372. The lowest BCUT2D eigenvalue weighted by molar-refractivity contribution is 0.0693. The first kappa shape index (κ1) is 14.1. The molecule has 0 radical (unpaired) electrons. The second kappa shape index (κ2) is 5.50. The lowest BCUT2D eigenvalue weighted by atomic mass is 9.90. The molecule has 0 unspecified atom stereocenters. The van der Waals surface area contributed by atoms with Crippen molar-refractivity contribution in [3.8, 4) is 16.9 Å². The van der Waals surface area contributed by atoms with Gasteiger partial charge in [-0.25, -0.2) is 4.79 Å². The Morgan fingerprint density at radius 1 is 1.00 bits per heavy atom. The molecule has 0 saturated heterocycles. The quantitative estimate of drug-likeness (QED) is 0.692. The minimum Gasteiger partial charge on any atom is -0.508 e. The molecule has 110 valence electrons. The van der Waals surface area contributed by atoms with Crippen LogP contribution in [-0.2, 0) is 6.61 Å². The average Bonchev–Trinajstić information content (AvgIpc) is 2.53. The normalized spacial score (nSPS) is 10.8. The molecule has 0 aliphatic heterocycles. The fraction of sp³-hybridized carbons (Fsp3) is 0.0556. The van der Waals surface area contributed by atoms with E-state index < -0.39 is 5.97 Å². The molecule has 0 spiro atoms. The molecule has 3 N–H and O–H groups in total. The number of phenols is 1. The largest absolute Gasteiger partial charge is 0.508 e. The zero-order chi connectivity index (χ0) is 15.7. The maximum atomic E-state index is 11.5. The van der Waals surface area contributed by atoms with E-state index in [1.165, 1.54) is 12.1 Å². The molecular formula is C18H14O4. The number of carboxylic acid groups (broad SMARTS) is 1. The van der Waals surface area contributed by atoms with Crippen molar-refractivity contribution >= 4 is 16.7 Å². The van der Waals surface area contributed by atoms with Crippen LogP contribution in [0.15, 0.2) is 54.6 Å². The Morgan fingerprint density at radius 3 is 2.36 bits per heavy atom. The van der Waals surface area contributed by atoms with Gasteiger partial charge in [0, 0.05) is 5.56 Å². The van der Waals surface area contributed by atoms with Gasteiger partial charge in [-0.05, 0) is 40.1 Å². The Balaban J connectivity index is 2.47. The van der Waals surface area contributed by atoms with Crippen molar-refractivity contribution < 1.29 is 20.1 Å². The molecule has 0 heterocycles. The molecular weight excluding hydrogens is 280 g/mol. The lowest BCUT2D eigenvalue weighted by Gasteiger charge is -2.15. The zero-order valence-corrected chi connectivity index (χ0v) is 11.7. The van der Waals surface area contributed by atoms with E-state index in [0.717, 1.165) is 10.9 Å². The predicted octanol–water partition coefficient (Wildman–Crippen LogP) is 3.40. The summed E-state index contributed by atoms with van der Waals surface area (Å²) in [6.07, 6.45) is 0. The number of hydrogen-bond acceptors (Lipinski definition) is 3. The Bertz CT molecular complexity index is 854. The third-order valence-electron chi connectivity index (χ3n) is 3.68. The van der Waals surface area contributed by atoms with Gasteiger partial charge in [-0.2, -0.15) is 0 Å². The van der Waals surface area contributed by atoms with E-state index in [1.807, 2.05) is 30.3 Å². The maximum absolute atomic E-state index is 11.5. The highest BCUT2D eigenvalue weighted by Crippen LogP contribution is 2.36. The highest BCUT2D eigenvalue weighted by Gasteiger charge is 2.18. The number of aliphatic hydroxyl groups excluding tert-OH is 1. The van der Waals surface area contributed by atoms with Gasteiger partial charge in [-0.15, -0.1) is 0 Å². The summed E-state index contributed by atoms with van der Waals surface area (Å²) in [7, 11) is 0. The smallest absolute Gasteiger partial charge is 0.336 e. The van der Waals surface area contributed by atoms with Crippen molar-refractivity contribution in [1.29, 1.82) is 0 Å². The average molecular weight is 294 g/mol. The fourth-order valence-electron chi connectivity index (χ4n) is 2.73. The third-order valence-corrected chi connectivity index (χ3v) is 3.68. The summed E-state index contributed by atoms with van der Waals surface area (Å²) in [6, 6.07) is 15.6. The van der Waals surface area contributed by atoms with Crippen molar-refractivity contribution in [2.24, 2.45) is 0 Å². The molecule has 4 heteroatoms. The Morgan fingerprint density at radius 2 is 1.73 bits per heavy atom. The van der Waals surface area contributed by atoms with Crippen LogP contribution in [0.2, 0.25) is 0 Å². The van der Waals surface area contributed by atoms with Crippen LogP contribution >= 0.6 is 0 Å². The SMILES string of the molecule is O=C(O)c1cc2cc(O)ccc2c(-c2ccccc2)c1CO. The number of hydrogen-bond donors (Lipinski definition) is 3. The van der Waals surface area contributed by atoms with Gasteiger partial charge < -0.3 is 15.3 Å². The number of aromatic hydroxyl groups is 1. The van der Waals surface area contributed by atoms with Gasteiger partial charge in [0.2, 0.25) is 0 Å². The minimum atomic E-state index is -1.11. The van der Waals surface area contributed by atoms with Gasteiger partial charge in [0.25, 0.3) is 0 Å². The standard InChI is InChI=1S/C18H14O4/c19-10-16-15(18(21)22)9-12-8-13(20)6-7-14(12)17(16)11-4-2-1-3-5-11/h1-9,19-20H,10H2,(H,21,22). The van der Waals surface area contributed by atoms with E-state index >= 15 is 0 Å². The van der Waals surface area contributed by atoms with Crippen molar-refractivity contribution in [2.75, 3.05) is 0 Å². The van der Waals surface area contributed by atoms with Crippen LogP contribution in [0.4, 0.5) is 0 Å². The van der Waals surface area contributed by atoms with Crippen molar-refractivity contribution in [3.05, 3.63) is 65.7 Å². The van der Waals surface area contributed by atoms with Crippen LogP contribution in [0.1, 0.15) is 15.9 Å². The molecule has 0 aliphatic rings. The highest BCUT2D eigenvalue weighted by atomic mass is 16.4. The number of rotatable bonds is 3. The number of benzene rings is 3. The third kappa shape index (κ3) is 2.29. The van der Waals surface area contributed by atoms with Crippen molar-refractivity contribution in [3.63, 3.8) is 0 Å². The zero-order valence-electron chi connectivity index (χ0n) is 11.7. The number of aromatic carboxylic acids is 1. The van der Waals surface area contributed by atoms with Gasteiger partial charge >= 0.3 is 5.97 Å².